The fraction of sp³-hybridized carbons (Fsp3) is 1.00. The van der Waals surface area contributed by atoms with E-state index in [4.69, 9.17) is 5.11 Å². The lowest BCUT2D eigenvalue weighted by Gasteiger charge is -2.13. The van der Waals surface area contributed by atoms with E-state index in [1.165, 1.54) is 19.3 Å². The van der Waals surface area contributed by atoms with E-state index >= 15 is 0 Å². The first-order chi connectivity index (χ1) is 5.18. The lowest BCUT2D eigenvalue weighted by molar-refractivity contribution is 0.186. The fourth-order valence-corrected chi connectivity index (χ4v) is 1.73. The molecule has 0 bridgehead atoms. The molecule has 0 spiro atoms. The Bertz CT molecular complexity index is 114. The van der Waals surface area contributed by atoms with Gasteiger partial charge in [0.2, 0.25) is 0 Å². The summed E-state index contributed by atoms with van der Waals surface area (Å²) >= 11 is 0. The molecule has 0 heterocycles. The highest BCUT2D eigenvalue weighted by Gasteiger charge is 2.20. The second-order valence-corrected chi connectivity index (χ2v) is 3.87. The van der Waals surface area contributed by atoms with E-state index < -0.39 is 0 Å². The second kappa shape index (κ2) is 4.07. The van der Waals surface area contributed by atoms with Crippen molar-refractivity contribution in [1.82, 2.24) is 5.32 Å². The average Bonchev–Trinajstić information content (AvgIpc) is 2.31. The molecule has 1 saturated carbocycles. The minimum Gasteiger partial charge on any atom is -0.392 e. The summed E-state index contributed by atoms with van der Waals surface area (Å²) in [6, 6.07) is 0.666. The molecule has 2 heteroatoms. The summed E-state index contributed by atoms with van der Waals surface area (Å²) in [6.45, 7) is 4.87. The number of hydrogen-bond donors (Lipinski definition) is 2. The standard InChI is InChI=1S/C9H19NO/c1-7-3-4-9(5-7)10-6-8(2)11/h7-11H,3-6H2,1-2H3. The van der Waals surface area contributed by atoms with Gasteiger partial charge in [0.05, 0.1) is 6.10 Å². The minimum absolute atomic E-state index is 0.203. The van der Waals surface area contributed by atoms with Crippen LogP contribution in [-0.4, -0.2) is 23.8 Å². The fourth-order valence-electron chi connectivity index (χ4n) is 1.73. The summed E-state index contributed by atoms with van der Waals surface area (Å²) in [5.41, 5.74) is 0. The van der Waals surface area contributed by atoms with Gasteiger partial charge < -0.3 is 10.4 Å². The Kier molecular flexibility index (Phi) is 3.34. The number of nitrogens with one attached hydrogen (secondary N) is 1. The molecule has 1 aliphatic rings. The molecule has 0 amide bonds. The average molecular weight is 157 g/mol. The first kappa shape index (κ1) is 9.01. The van der Waals surface area contributed by atoms with Gasteiger partial charge in [-0.3, -0.25) is 0 Å². The third-order valence-electron chi connectivity index (χ3n) is 2.40. The van der Waals surface area contributed by atoms with E-state index in [1.54, 1.807) is 0 Å². The van der Waals surface area contributed by atoms with Crippen molar-refractivity contribution in [2.75, 3.05) is 6.54 Å². The molecule has 0 aromatic carbocycles. The van der Waals surface area contributed by atoms with Gasteiger partial charge in [-0.15, -0.1) is 0 Å². The van der Waals surface area contributed by atoms with Crippen LogP contribution in [0.15, 0.2) is 0 Å². The molecule has 1 fully saturated rings. The molecule has 0 aliphatic heterocycles. The van der Waals surface area contributed by atoms with Crippen LogP contribution in [0.25, 0.3) is 0 Å². The summed E-state index contributed by atoms with van der Waals surface area (Å²) in [5.74, 6) is 0.876. The molecular weight excluding hydrogens is 138 g/mol. The van der Waals surface area contributed by atoms with Crippen molar-refractivity contribution >= 4 is 0 Å². The van der Waals surface area contributed by atoms with Gasteiger partial charge in [-0.05, 0) is 32.1 Å². The van der Waals surface area contributed by atoms with Gasteiger partial charge in [0, 0.05) is 12.6 Å². The quantitative estimate of drug-likeness (QED) is 0.644. The highest BCUT2D eigenvalue weighted by Crippen LogP contribution is 2.24. The maximum atomic E-state index is 9.02. The summed E-state index contributed by atoms with van der Waals surface area (Å²) in [4.78, 5) is 0. The Labute approximate surface area is 69.0 Å². The van der Waals surface area contributed by atoms with Crippen LogP contribution in [0.5, 0.6) is 0 Å². The maximum Gasteiger partial charge on any atom is 0.0636 e. The number of hydrogen-bond acceptors (Lipinski definition) is 2. The van der Waals surface area contributed by atoms with Crippen LogP contribution in [0, 0.1) is 5.92 Å². The largest absolute Gasteiger partial charge is 0.392 e. The van der Waals surface area contributed by atoms with Crippen molar-refractivity contribution in [3.8, 4) is 0 Å². The van der Waals surface area contributed by atoms with Gasteiger partial charge in [0.1, 0.15) is 0 Å². The summed E-state index contributed by atoms with van der Waals surface area (Å²) in [5, 5.41) is 12.4. The first-order valence-electron chi connectivity index (χ1n) is 4.60. The van der Waals surface area contributed by atoms with E-state index in [0.717, 1.165) is 12.5 Å². The van der Waals surface area contributed by atoms with Crippen LogP contribution in [0.2, 0.25) is 0 Å². The predicted octanol–water partition coefficient (Wildman–Crippen LogP) is 1.15. The summed E-state index contributed by atoms with van der Waals surface area (Å²) in [6.07, 6.45) is 3.71. The highest BCUT2D eigenvalue weighted by molar-refractivity contribution is 4.78. The first-order valence-corrected chi connectivity index (χ1v) is 4.60. The van der Waals surface area contributed by atoms with Crippen LogP contribution < -0.4 is 5.32 Å². The van der Waals surface area contributed by atoms with Crippen molar-refractivity contribution in [2.24, 2.45) is 5.92 Å². The summed E-state index contributed by atoms with van der Waals surface area (Å²) in [7, 11) is 0. The monoisotopic (exact) mass is 157 g/mol. The van der Waals surface area contributed by atoms with Crippen LogP contribution in [0.3, 0.4) is 0 Å². The SMILES string of the molecule is CC(O)CNC1CCC(C)C1. The van der Waals surface area contributed by atoms with Crippen molar-refractivity contribution in [2.45, 2.75) is 45.3 Å². The van der Waals surface area contributed by atoms with E-state index in [0.29, 0.717) is 6.04 Å². The second-order valence-electron chi connectivity index (χ2n) is 3.87. The summed E-state index contributed by atoms with van der Waals surface area (Å²) < 4.78 is 0. The Morgan fingerprint density at radius 3 is 2.73 bits per heavy atom. The van der Waals surface area contributed by atoms with Gasteiger partial charge >= 0.3 is 0 Å². The molecule has 1 aliphatic carbocycles. The van der Waals surface area contributed by atoms with Crippen LogP contribution >= 0.6 is 0 Å². The molecule has 0 aromatic rings. The van der Waals surface area contributed by atoms with Crippen LogP contribution in [0.1, 0.15) is 33.1 Å². The van der Waals surface area contributed by atoms with Crippen molar-refractivity contribution in [3.05, 3.63) is 0 Å². The molecular formula is C9H19NO. The van der Waals surface area contributed by atoms with Crippen molar-refractivity contribution in [1.29, 1.82) is 0 Å². The lowest BCUT2D eigenvalue weighted by atomic mass is 10.1. The molecule has 2 N–H and O–H groups in total. The smallest absolute Gasteiger partial charge is 0.0636 e. The van der Waals surface area contributed by atoms with E-state index in [-0.39, 0.29) is 6.10 Å². The molecule has 0 aromatic heterocycles. The molecule has 0 saturated heterocycles. The molecule has 3 unspecified atom stereocenters. The predicted molar refractivity (Wildman–Crippen MR) is 46.5 cm³/mol. The molecule has 2 nitrogen and oxygen atoms in total. The lowest BCUT2D eigenvalue weighted by Crippen LogP contribution is -2.32. The molecule has 1 rings (SSSR count). The van der Waals surface area contributed by atoms with E-state index in [2.05, 4.69) is 12.2 Å². The topological polar surface area (TPSA) is 32.3 Å². The van der Waals surface area contributed by atoms with Gasteiger partial charge in [-0.2, -0.15) is 0 Å². The normalized spacial score (nSPS) is 34.1. The highest BCUT2D eigenvalue weighted by atomic mass is 16.3. The van der Waals surface area contributed by atoms with E-state index in [1.807, 2.05) is 6.92 Å². The van der Waals surface area contributed by atoms with Gasteiger partial charge in [-0.25, -0.2) is 0 Å². The molecule has 66 valence electrons. The van der Waals surface area contributed by atoms with Crippen molar-refractivity contribution < 1.29 is 5.11 Å². The number of aliphatic hydroxyl groups is 1. The van der Waals surface area contributed by atoms with Crippen molar-refractivity contribution in [3.63, 3.8) is 0 Å². The third-order valence-corrected chi connectivity index (χ3v) is 2.40. The zero-order chi connectivity index (χ0) is 8.27. The number of rotatable bonds is 3. The van der Waals surface area contributed by atoms with Crippen LogP contribution in [0.4, 0.5) is 0 Å². The third kappa shape index (κ3) is 3.21. The van der Waals surface area contributed by atoms with Gasteiger partial charge in [-0.1, -0.05) is 6.92 Å². The zero-order valence-corrected chi connectivity index (χ0v) is 7.51. The molecule has 0 radical (unpaired) electrons. The van der Waals surface area contributed by atoms with Gasteiger partial charge in [0.15, 0.2) is 0 Å². The van der Waals surface area contributed by atoms with Crippen LogP contribution in [-0.2, 0) is 0 Å². The maximum absolute atomic E-state index is 9.02. The van der Waals surface area contributed by atoms with Gasteiger partial charge in [0.25, 0.3) is 0 Å². The van der Waals surface area contributed by atoms with E-state index in [9.17, 15) is 0 Å². The zero-order valence-electron chi connectivity index (χ0n) is 7.51. The minimum atomic E-state index is -0.203. The number of aliphatic hydroxyl groups excluding tert-OH is 1. The Balaban J connectivity index is 2.08. The molecule has 3 atom stereocenters. The molecule has 11 heavy (non-hydrogen) atoms. The Morgan fingerprint density at radius 1 is 1.55 bits per heavy atom. The Hall–Kier alpha value is -0.0800. The Morgan fingerprint density at radius 2 is 2.27 bits per heavy atom.